The lowest BCUT2D eigenvalue weighted by molar-refractivity contribution is 0.0510. The highest BCUT2D eigenvalue weighted by molar-refractivity contribution is 4.96. The molecule has 2 rings (SSSR count). The van der Waals surface area contributed by atoms with Crippen LogP contribution in [0.25, 0.3) is 0 Å². The number of hydrogen-bond donors (Lipinski definition) is 3. The summed E-state index contributed by atoms with van der Waals surface area (Å²) in [6.45, 7) is 3.03. The van der Waals surface area contributed by atoms with E-state index in [9.17, 15) is 5.11 Å². The van der Waals surface area contributed by atoms with E-state index in [4.69, 9.17) is 0 Å². The molecule has 3 nitrogen and oxygen atoms in total. The van der Waals surface area contributed by atoms with Gasteiger partial charge in [-0.15, -0.1) is 0 Å². The van der Waals surface area contributed by atoms with Gasteiger partial charge in [0.1, 0.15) is 6.23 Å². The second-order valence-electron chi connectivity index (χ2n) is 3.40. The topological polar surface area (TPSA) is 44.3 Å². The van der Waals surface area contributed by atoms with E-state index in [1.807, 2.05) is 0 Å². The average molecular weight is 142 g/mol. The Hall–Kier alpha value is -0.120. The number of aliphatic hydroxyl groups is 1. The fourth-order valence-corrected chi connectivity index (χ4v) is 2.02. The van der Waals surface area contributed by atoms with E-state index in [1.54, 1.807) is 0 Å². The van der Waals surface area contributed by atoms with Crippen LogP contribution in [-0.4, -0.2) is 31.0 Å². The Bertz CT molecular complexity index is 126. The van der Waals surface area contributed by atoms with Crippen LogP contribution in [0.3, 0.4) is 0 Å². The van der Waals surface area contributed by atoms with Gasteiger partial charge in [0.05, 0.1) is 0 Å². The molecule has 2 unspecified atom stereocenters. The lowest BCUT2D eigenvalue weighted by Gasteiger charge is -2.24. The van der Waals surface area contributed by atoms with Crippen molar-refractivity contribution in [2.24, 2.45) is 5.41 Å². The van der Waals surface area contributed by atoms with Gasteiger partial charge in [0.25, 0.3) is 0 Å². The van der Waals surface area contributed by atoms with Gasteiger partial charge >= 0.3 is 0 Å². The number of nitrogens with one attached hydrogen (secondary N) is 2. The first-order valence-electron chi connectivity index (χ1n) is 3.96. The molecule has 1 spiro atoms. The van der Waals surface area contributed by atoms with Gasteiger partial charge in [-0.3, -0.25) is 5.32 Å². The highest BCUT2D eigenvalue weighted by atomic mass is 16.3. The van der Waals surface area contributed by atoms with Crippen molar-refractivity contribution in [1.82, 2.24) is 10.6 Å². The van der Waals surface area contributed by atoms with Crippen LogP contribution in [0.4, 0.5) is 0 Å². The molecule has 0 aromatic carbocycles. The zero-order valence-electron chi connectivity index (χ0n) is 6.06. The van der Waals surface area contributed by atoms with Crippen molar-refractivity contribution in [3.63, 3.8) is 0 Å². The van der Waals surface area contributed by atoms with E-state index in [-0.39, 0.29) is 11.6 Å². The highest BCUT2D eigenvalue weighted by Crippen LogP contribution is 2.35. The molecule has 3 N–H and O–H groups in total. The second kappa shape index (κ2) is 2.19. The molecule has 58 valence electrons. The Morgan fingerprint density at radius 3 is 2.60 bits per heavy atom. The maximum atomic E-state index is 9.53. The van der Waals surface area contributed by atoms with Crippen molar-refractivity contribution < 1.29 is 5.11 Å². The summed E-state index contributed by atoms with van der Waals surface area (Å²) in [4.78, 5) is 0. The van der Waals surface area contributed by atoms with Crippen molar-refractivity contribution >= 4 is 0 Å². The molecule has 0 aromatic heterocycles. The predicted octanol–water partition coefficient (Wildman–Crippen LogP) is -0.722. The third kappa shape index (κ3) is 0.779. The molecule has 2 fully saturated rings. The molecular formula is C7H14N2O. The van der Waals surface area contributed by atoms with E-state index in [2.05, 4.69) is 10.6 Å². The summed E-state index contributed by atoms with van der Waals surface area (Å²) in [7, 11) is 0. The van der Waals surface area contributed by atoms with Gasteiger partial charge in [-0.1, -0.05) is 0 Å². The molecule has 0 aliphatic carbocycles. The van der Waals surface area contributed by atoms with Gasteiger partial charge in [0.2, 0.25) is 0 Å². The zero-order valence-corrected chi connectivity index (χ0v) is 6.06. The molecule has 10 heavy (non-hydrogen) atoms. The van der Waals surface area contributed by atoms with Crippen molar-refractivity contribution in [2.75, 3.05) is 19.6 Å². The van der Waals surface area contributed by atoms with Crippen molar-refractivity contribution in [1.29, 1.82) is 0 Å². The highest BCUT2D eigenvalue weighted by Gasteiger charge is 2.43. The second-order valence-corrected chi connectivity index (χ2v) is 3.40. The van der Waals surface area contributed by atoms with E-state index in [1.165, 1.54) is 0 Å². The molecule has 0 amide bonds. The van der Waals surface area contributed by atoms with Crippen LogP contribution in [0.5, 0.6) is 0 Å². The lowest BCUT2D eigenvalue weighted by Crippen LogP contribution is -2.37. The number of hydrogen-bond acceptors (Lipinski definition) is 3. The van der Waals surface area contributed by atoms with Crippen LogP contribution in [0.2, 0.25) is 0 Å². The third-order valence-corrected chi connectivity index (χ3v) is 2.82. The molecule has 2 aliphatic rings. The summed E-state index contributed by atoms with van der Waals surface area (Å²) in [6, 6.07) is 0. The summed E-state index contributed by atoms with van der Waals surface area (Å²) in [5, 5.41) is 15.9. The van der Waals surface area contributed by atoms with Crippen LogP contribution >= 0.6 is 0 Å². The van der Waals surface area contributed by atoms with Gasteiger partial charge in [0, 0.05) is 12.0 Å². The molecule has 2 atom stereocenters. The fraction of sp³-hybridized carbons (Fsp3) is 1.00. The maximum absolute atomic E-state index is 9.53. The summed E-state index contributed by atoms with van der Waals surface area (Å²) in [5.41, 5.74) is 0.181. The van der Waals surface area contributed by atoms with Crippen LogP contribution in [0, 0.1) is 5.41 Å². The van der Waals surface area contributed by atoms with Gasteiger partial charge in [-0.05, 0) is 25.9 Å². The van der Waals surface area contributed by atoms with Gasteiger partial charge in [-0.2, -0.15) is 0 Å². The smallest absolute Gasteiger partial charge is 0.111 e. The van der Waals surface area contributed by atoms with E-state index in [0.717, 1.165) is 32.5 Å². The minimum atomic E-state index is -0.262. The Morgan fingerprint density at radius 1 is 1.30 bits per heavy atom. The molecule has 0 radical (unpaired) electrons. The first kappa shape index (κ1) is 6.58. The minimum absolute atomic E-state index is 0.181. The first-order chi connectivity index (χ1) is 4.83. The van der Waals surface area contributed by atoms with E-state index in [0.29, 0.717) is 0 Å². The van der Waals surface area contributed by atoms with Crippen LogP contribution < -0.4 is 10.6 Å². The molecule has 2 aliphatic heterocycles. The van der Waals surface area contributed by atoms with E-state index < -0.39 is 0 Å². The first-order valence-corrected chi connectivity index (χ1v) is 3.96. The maximum Gasteiger partial charge on any atom is 0.111 e. The van der Waals surface area contributed by atoms with Crippen LogP contribution in [-0.2, 0) is 0 Å². The SMILES string of the molecule is OC1NCCC12CCNC2. The quantitative estimate of drug-likeness (QED) is 0.418. The van der Waals surface area contributed by atoms with Gasteiger partial charge < -0.3 is 10.4 Å². The largest absolute Gasteiger partial charge is 0.378 e. The van der Waals surface area contributed by atoms with Crippen LogP contribution in [0.1, 0.15) is 12.8 Å². The fourth-order valence-electron chi connectivity index (χ4n) is 2.02. The predicted molar refractivity (Wildman–Crippen MR) is 38.5 cm³/mol. The monoisotopic (exact) mass is 142 g/mol. The molecule has 0 saturated carbocycles. The molecule has 0 aromatic rings. The molecule has 2 heterocycles. The van der Waals surface area contributed by atoms with Crippen molar-refractivity contribution in [3.05, 3.63) is 0 Å². The normalized spacial score (nSPS) is 47.1. The molecule has 0 bridgehead atoms. The van der Waals surface area contributed by atoms with Gasteiger partial charge in [-0.25, -0.2) is 0 Å². The molecular weight excluding hydrogens is 128 g/mol. The average Bonchev–Trinajstić information content (AvgIpc) is 2.48. The lowest BCUT2D eigenvalue weighted by atomic mass is 9.85. The van der Waals surface area contributed by atoms with Crippen molar-refractivity contribution in [3.8, 4) is 0 Å². The third-order valence-electron chi connectivity index (χ3n) is 2.82. The Labute approximate surface area is 60.8 Å². The van der Waals surface area contributed by atoms with E-state index >= 15 is 0 Å². The number of aliphatic hydroxyl groups excluding tert-OH is 1. The zero-order chi connectivity index (χ0) is 7.03. The van der Waals surface area contributed by atoms with Crippen LogP contribution in [0.15, 0.2) is 0 Å². The molecule has 3 heteroatoms. The Morgan fingerprint density at radius 2 is 2.10 bits per heavy atom. The summed E-state index contributed by atoms with van der Waals surface area (Å²) in [6.07, 6.45) is 1.99. The summed E-state index contributed by atoms with van der Waals surface area (Å²) in [5.74, 6) is 0. The summed E-state index contributed by atoms with van der Waals surface area (Å²) < 4.78 is 0. The van der Waals surface area contributed by atoms with Crippen molar-refractivity contribution in [2.45, 2.75) is 19.1 Å². The molecule has 2 saturated heterocycles. The Kier molecular flexibility index (Phi) is 1.44. The van der Waals surface area contributed by atoms with Gasteiger partial charge in [0.15, 0.2) is 0 Å². The minimum Gasteiger partial charge on any atom is -0.378 e. The number of rotatable bonds is 0. The Balaban J connectivity index is 2.11. The summed E-state index contributed by atoms with van der Waals surface area (Å²) >= 11 is 0. The standard InChI is InChI=1S/C7H14N2O/c10-6-7(2-4-9-6)1-3-8-5-7/h6,8-10H,1-5H2.